The van der Waals surface area contributed by atoms with Crippen LogP contribution in [0.2, 0.25) is 0 Å². The number of aromatic nitrogens is 4. The molecule has 0 aliphatic rings. The number of hydrogen-bond donors (Lipinski definition) is 0. The van der Waals surface area contributed by atoms with Crippen molar-refractivity contribution in [2.24, 2.45) is 0 Å². The fourth-order valence-electron chi connectivity index (χ4n) is 2.42. The molecule has 0 unspecified atom stereocenters. The van der Waals surface area contributed by atoms with Gasteiger partial charge in [0.15, 0.2) is 5.65 Å². The Morgan fingerprint density at radius 3 is 2.76 bits per heavy atom. The molecule has 0 atom stereocenters. The van der Waals surface area contributed by atoms with E-state index in [9.17, 15) is 0 Å². The van der Waals surface area contributed by atoms with Crippen molar-refractivity contribution in [3.05, 3.63) is 48.7 Å². The van der Waals surface area contributed by atoms with Gasteiger partial charge in [0.1, 0.15) is 5.82 Å². The molecule has 0 aliphatic heterocycles. The van der Waals surface area contributed by atoms with E-state index in [1.165, 1.54) is 19.3 Å². The lowest BCUT2D eigenvalue weighted by Crippen LogP contribution is -2.01. The molecule has 0 aliphatic carbocycles. The lowest BCUT2D eigenvalue weighted by atomic mass is 10.1. The second-order valence-corrected chi connectivity index (χ2v) is 5.21. The van der Waals surface area contributed by atoms with Crippen LogP contribution < -0.4 is 0 Å². The lowest BCUT2D eigenvalue weighted by molar-refractivity contribution is 0.649. The first kappa shape index (κ1) is 13.7. The molecule has 1 radical (unpaired) electrons. The van der Waals surface area contributed by atoms with Crippen LogP contribution in [0.15, 0.2) is 36.5 Å². The first-order valence-electron chi connectivity index (χ1n) is 7.56. The molecular formula is C17H19N4. The number of nitrogens with zero attached hydrogens (tertiary/aromatic N) is 4. The number of aryl methyl sites for hydroxylation is 1. The topological polar surface area (TPSA) is 43.1 Å². The maximum Gasteiger partial charge on any atom is 0.202 e. The third kappa shape index (κ3) is 3.10. The zero-order chi connectivity index (χ0) is 14.5. The van der Waals surface area contributed by atoms with Gasteiger partial charge in [-0.3, -0.25) is 0 Å². The van der Waals surface area contributed by atoms with Gasteiger partial charge in [-0.15, -0.1) is 0 Å². The molecule has 0 N–H and O–H groups in total. The Labute approximate surface area is 124 Å². The minimum absolute atomic E-state index is 0.835. The zero-order valence-corrected chi connectivity index (χ0v) is 12.3. The van der Waals surface area contributed by atoms with E-state index in [1.54, 1.807) is 4.52 Å². The summed E-state index contributed by atoms with van der Waals surface area (Å²) in [6.45, 7) is 2.22. The lowest BCUT2D eigenvalue weighted by Gasteiger charge is -2.02. The van der Waals surface area contributed by atoms with Gasteiger partial charge in [0.2, 0.25) is 6.33 Å². The Morgan fingerprint density at radius 2 is 1.95 bits per heavy atom. The van der Waals surface area contributed by atoms with Crippen LogP contribution in [0.1, 0.15) is 38.4 Å². The fraction of sp³-hybridized carbons (Fsp3) is 0.353. The highest BCUT2D eigenvalue weighted by Gasteiger charge is 2.09. The number of fused-ring (bicyclic) bond motifs is 1. The summed E-state index contributed by atoms with van der Waals surface area (Å²) in [6.07, 6.45) is 10.6. The highest BCUT2D eigenvalue weighted by Crippen LogP contribution is 2.22. The van der Waals surface area contributed by atoms with E-state index in [1.807, 2.05) is 24.4 Å². The standard InChI is InChI=1S/C17H19N4/c1-2-3-4-8-11-16-18-13-21-17(20-16)15(12-19-21)14-9-6-5-7-10-14/h5-7,9-10,12H,2-4,8,11H2,1H3. The summed E-state index contributed by atoms with van der Waals surface area (Å²) >= 11 is 0. The Bertz CT molecular complexity index is 703. The molecule has 3 rings (SSSR count). The van der Waals surface area contributed by atoms with Crippen molar-refractivity contribution in [2.75, 3.05) is 0 Å². The Morgan fingerprint density at radius 1 is 1.10 bits per heavy atom. The van der Waals surface area contributed by atoms with Crippen molar-refractivity contribution < 1.29 is 0 Å². The summed E-state index contributed by atoms with van der Waals surface area (Å²) in [5.74, 6) is 0.858. The Kier molecular flexibility index (Phi) is 4.24. The minimum Gasteiger partial charge on any atom is -0.213 e. The fourth-order valence-corrected chi connectivity index (χ4v) is 2.42. The van der Waals surface area contributed by atoms with Gasteiger partial charge in [-0.2, -0.15) is 9.61 Å². The Balaban J connectivity index is 1.86. The third-order valence-electron chi connectivity index (χ3n) is 3.59. The van der Waals surface area contributed by atoms with E-state index in [-0.39, 0.29) is 0 Å². The average Bonchev–Trinajstić information content (AvgIpc) is 2.95. The normalized spacial score (nSPS) is 11.1. The van der Waals surface area contributed by atoms with E-state index in [0.717, 1.165) is 35.4 Å². The summed E-state index contributed by atoms with van der Waals surface area (Å²) in [7, 11) is 0. The van der Waals surface area contributed by atoms with Crippen LogP contribution in [0.25, 0.3) is 16.8 Å². The maximum absolute atomic E-state index is 4.67. The number of hydrogen-bond acceptors (Lipinski definition) is 3. The van der Waals surface area contributed by atoms with Crippen LogP contribution in [0.3, 0.4) is 0 Å². The van der Waals surface area contributed by atoms with Crippen molar-refractivity contribution in [3.8, 4) is 11.1 Å². The molecule has 0 saturated carbocycles. The van der Waals surface area contributed by atoms with Gasteiger partial charge >= 0.3 is 0 Å². The van der Waals surface area contributed by atoms with Crippen LogP contribution in [0, 0.1) is 6.33 Å². The van der Waals surface area contributed by atoms with Crippen molar-refractivity contribution in [1.82, 2.24) is 19.6 Å². The number of unbranched alkanes of at least 4 members (excludes halogenated alkanes) is 3. The van der Waals surface area contributed by atoms with Gasteiger partial charge in [0.25, 0.3) is 0 Å². The Hall–Kier alpha value is -2.23. The van der Waals surface area contributed by atoms with Gasteiger partial charge in [-0.1, -0.05) is 56.5 Å². The molecule has 2 aromatic heterocycles. The molecule has 0 bridgehead atoms. The van der Waals surface area contributed by atoms with Gasteiger partial charge in [-0.25, -0.2) is 9.97 Å². The second-order valence-electron chi connectivity index (χ2n) is 5.21. The highest BCUT2D eigenvalue weighted by atomic mass is 15.3. The van der Waals surface area contributed by atoms with E-state index < -0.39 is 0 Å². The third-order valence-corrected chi connectivity index (χ3v) is 3.59. The van der Waals surface area contributed by atoms with Crippen LogP contribution >= 0.6 is 0 Å². The van der Waals surface area contributed by atoms with Gasteiger partial charge in [0.05, 0.1) is 6.20 Å². The molecule has 21 heavy (non-hydrogen) atoms. The van der Waals surface area contributed by atoms with Crippen LogP contribution in [-0.4, -0.2) is 19.6 Å². The summed E-state index contributed by atoms with van der Waals surface area (Å²) in [5, 5.41) is 4.28. The number of benzene rings is 1. The molecule has 4 nitrogen and oxygen atoms in total. The van der Waals surface area contributed by atoms with Gasteiger partial charge < -0.3 is 0 Å². The molecule has 0 saturated heterocycles. The van der Waals surface area contributed by atoms with Gasteiger partial charge in [0, 0.05) is 12.0 Å². The molecule has 0 amide bonds. The summed E-state index contributed by atoms with van der Waals surface area (Å²) in [5.41, 5.74) is 2.99. The molecule has 107 valence electrons. The molecule has 1 aromatic carbocycles. The molecule has 0 fully saturated rings. The largest absolute Gasteiger partial charge is 0.213 e. The number of rotatable bonds is 6. The SMILES string of the molecule is CCCCCCc1n[c]n2ncc(-c3ccccc3)c2n1. The summed E-state index contributed by atoms with van der Waals surface area (Å²) in [6, 6.07) is 10.2. The van der Waals surface area contributed by atoms with Crippen molar-refractivity contribution in [3.63, 3.8) is 0 Å². The van der Waals surface area contributed by atoms with Crippen molar-refractivity contribution in [1.29, 1.82) is 0 Å². The monoisotopic (exact) mass is 279 g/mol. The van der Waals surface area contributed by atoms with E-state index in [0.29, 0.717) is 0 Å². The predicted molar refractivity (Wildman–Crippen MR) is 82.9 cm³/mol. The van der Waals surface area contributed by atoms with Crippen LogP contribution in [-0.2, 0) is 6.42 Å². The zero-order valence-electron chi connectivity index (χ0n) is 12.3. The van der Waals surface area contributed by atoms with Crippen molar-refractivity contribution in [2.45, 2.75) is 39.0 Å². The van der Waals surface area contributed by atoms with Gasteiger partial charge in [-0.05, 0) is 12.0 Å². The summed E-state index contributed by atoms with van der Waals surface area (Å²) in [4.78, 5) is 8.94. The molecule has 4 heteroatoms. The van der Waals surface area contributed by atoms with E-state index in [4.69, 9.17) is 0 Å². The molecular weight excluding hydrogens is 260 g/mol. The van der Waals surface area contributed by atoms with Crippen molar-refractivity contribution >= 4 is 5.65 Å². The first-order chi connectivity index (χ1) is 10.4. The minimum atomic E-state index is 0.835. The van der Waals surface area contributed by atoms with E-state index in [2.05, 4.69) is 40.5 Å². The summed E-state index contributed by atoms with van der Waals surface area (Å²) < 4.78 is 1.62. The second kappa shape index (κ2) is 6.48. The van der Waals surface area contributed by atoms with Crippen LogP contribution in [0.4, 0.5) is 0 Å². The smallest absolute Gasteiger partial charge is 0.202 e. The molecule has 2 heterocycles. The quantitative estimate of drug-likeness (QED) is 0.646. The first-order valence-corrected chi connectivity index (χ1v) is 7.56. The molecule has 0 spiro atoms. The average molecular weight is 279 g/mol. The predicted octanol–water partition coefficient (Wildman–Crippen LogP) is 3.71. The maximum atomic E-state index is 4.67. The highest BCUT2D eigenvalue weighted by molar-refractivity contribution is 5.76. The molecule has 3 aromatic rings. The van der Waals surface area contributed by atoms with E-state index >= 15 is 0 Å². The van der Waals surface area contributed by atoms with Crippen LogP contribution in [0.5, 0.6) is 0 Å².